The molecule has 1 aliphatic rings. The second-order valence-electron chi connectivity index (χ2n) is 6.66. The molecule has 0 atom stereocenters. The van der Waals surface area contributed by atoms with Gasteiger partial charge < -0.3 is 19.1 Å². The zero-order valence-electron chi connectivity index (χ0n) is 15.5. The Morgan fingerprint density at radius 3 is 2.34 bits per heavy atom. The number of carbonyl (C=O) groups is 1. The lowest BCUT2D eigenvalue weighted by Crippen LogP contribution is -2.31. The second-order valence-corrected chi connectivity index (χ2v) is 6.66. The fourth-order valence-corrected chi connectivity index (χ4v) is 3.36. The summed E-state index contributed by atoms with van der Waals surface area (Å²) in [5.41, 5.74) is 2.11. The third-order valence-corrected chi connectivity index (χ3v) is 4.68. The molecule has 0 fully saturated rings. The van der Waals surface area contributed by atoms with Crippen LogP contribution in [0.15, 0.2) is 63.6 Å². The largest absolute Gasteiger partial charge is 0.457 e. The Morgan fingerprint density at radius 2 is 1.69 bits per heavy atom. The topological polar surface area (TPSA) is 103 Å². The van der Waals surface area contributed by atoms with Crippen LogP contribution in [0.3, 0.4) is 0 Å². The Balaban J connectivity index is 1.37. The maximum absolute atomic E-state index is 13.1. The van der Waals surface area contributed by atoms with Crippen molar-refractivity contribution in [3.05, 3.63) is 77.4 Å². The average molecular weight is 388 g/mol. The predicted octanol–water partition coefficient (Wildman–Crippen LogP) is 3.59. The molecule has 8 nitrogen and oxygen atoms in total. The number of nitrogens with one attached hydrogen (secondary N) is 1. The number of amides is 1. The summed E-state index contributed by atoms with van der Waals surface area (Å²) < 4.78 is 16.2. The van der Waals surface area contributed by atoms with Crippen molar-refractivity contribution in [2.75, 3.05) is 0 Å². The van der Waals surface area contributed by atoms with Crippen LogP contribution in [-0.2, 0) is 11.3 Å². The van der Waals surface area contributed by atoms with Gasteiger partial charge in [-0.25, -0.2) is 0 Å². The van der Waals surface area contributed by atoms with Crippen molar-refractivity contribution in [3.8, 4) is 23.0 Å². The van der Waals surface area contributed by atoms with E-state index >= 15 is 0 Å². The van der Waals surface area contributed by atoms with Crippen molar-refractivity contribution in [2.24, 2.45) is 0 Å². The van der Waals surface area contributed by atoms with Crippen LogP contribution in [0, 0.1) is 6.92 Å². The lowest BCUT2D eigenvalue weighted by Gasteiger charge is -2.27. The zero-order chi connectivity index (χ0) is 19.8. The molecule has 144 valence electrons. The van der Waals surface area contributed by atoms with Gasteiger partial charge >= 0.3 is 0 Å². The SMILES string of the molecule is Cc1cc(-c2noc(CNC(=O)C3c4ccccc4Oc4ccccc43)n2)no1. The van der Waals surface area contributed by atoms with Crippen molar-refractivity contribution in [3.63, 3.8) is 0 Å². The molecule has 5 rings (SSSR count). The summed E-state index contributed by atoms with van der Waals surface area (Å²) in [5.74, 6) is 1.93. The number of aryl methyl sites for hydroxylation is 1. The van der Waals surface area contributed by atoms with Crippen molar-refractivity contribution < 1.29 is 18.6 Å². The first kappa shape index (κ1) is 17.2. The standard InChI is InChI=1S/C21H16N4O4/c1-12-10-15(24-28-12)20-23-18(29-25-20)11-22-21(26)19-13-6-2-4-8-16(13)27-17-9-5-3-7-14(17)19/h2-10,19H,11H2,1H3,(H,22,26). The normalized spacial score (nSPS) is 12.7. The molecule has 0 saturated carbocycles. The van der Waals surface area contributed by atoms with E-state index in [1.807, 2.05) is 48.5 Å². The quantitative estimate of drug-likeness (QED) is 0.570. The van der Waals surface area contributed by atoms with Crippen LogP contribution >= 0.6 is 0 Å². The fourth-order valence-electron chi connectivity index (χ4n) is 3.36. The van der Waals surface area contributed by atoms with Crippen LogP contribution in [0.1, 0.15) is 28.7 Å². The molecule has 0 spiro atoms. The van der Waals surface area contributed by atoms with Gasteiger partial charge in [0.05, 0.1) is 12.5 Å². The number of hydrogen-bond acceptors (Lipinski definition) is 7. The summed E-state index contributed by atoms with van der Waals surface area (Å²) in [7, 11) is 0. The van der Waals surface area contributed by atoms with Crippen molar-refractivity contribution >= 4 is 5.91 Å². The molecular formula is C21H16N4O4. The second kappa shape index (κ2) is 6.90. The highest BCUT2D eigenvalue weighted by molar-refractivity contribution is 5.89. The van der Waals surface area contributed by atoms with E-state index in [2.05, 4.69) is 20.6 Å². The molecule has 0 unspecified atom stereocenters. The monoisotopic (exact) mass is 388 g/mol. The van der Waals surface area contributed by atoms with Gasteiger partial charge in [-0.2, -0.15) is 4.98 Å². The third kappa shape index (κ3) is 3.14. The van der Waals surface area contributed by atoms with Gasteiger partial charge in [-0.05, 0) is 19.1 Å². The van der Waals surface area contributed by atoms with Crippen LogP contribution in [0.4, 0.5) is 0 Å². The van der Waals surface area contributed by atoms with Crippen molar-refractivity contribution in [1.82, 2.24) is 20.6 Å². The number of ether oxygens (including phenoxy) is 1. The van der Waals surface area contributed by atoms with Gasteiger partial charge in [0, 0.05) is 17.2 Å². The van der Waals surface area contributed by atoms with E-state index in [4.69, 9.17) is 13.8 Å². The molecular weight excluding hydrogens is 372 g/mol. The highest BCUT2D eigenvalue weighted by Gasteiger charge is 2.32. The highest BCUT2D eigenvalue weighted by atomic mass is 16.5. The van der Waals surface area contributed by atoms with Crippen LogP contribution in [-0.4, -0.2) is 21.2 Å². The summed E-state index contributed by atoms with van der Waals surface area (Å²) in [4.78, 5) is 17.4. The minimum absolute atomic E-state index is 0.102. The maximum atomic E-state index is 13.1. The molecule has 0 radical (unpaired) electrons. The van der Waals surface area contributed by atoms with Crippen LogP contribution in [0.25, 0.3) is 11.5 Å². The fraction of sp³-hybridized carbons (Fsp3) is 0.143. The summed E-state index contributed by atoms with van der Waals surface area (Å²) in [5, 5.41) is 10.6. The number of aromatic nitrogens is 3. The minimum Gasteiger partial charge on any atom is -0.457 e. The number of benzene rings is 2. The van der Waals surface area contributed by atoms with Crippen LogP contribution in [0.2, 0.25) is 0 Å². The van der Waals surface area contributed by atoms with Gasteiger partial charge in [0.1, 0.15) is 17.3 Å². The van der Waals surface area contributed by atoms with Gasteiger partial charge in [0.2, 0.25) is 17.6 Å². The number of nitrogens with zero attached hydrogens (tertiary/aromatic N) is 3. The first-order valence-corrected chi connectivity index (χ1v) is 9.09. The predicted molar refractivity (Wildman–Crippen MR) is 101 cm³/mol. The Hall–Kier alpha value is -3.94. The summed E-state index contributed by atoms with van der Waals surface area (Å²) in [6, 6.07) is 16.8. The maximum Gasteiger partial charge on any atom is 0.246 e. The van der Waals surface area contributed by atoms with Gasteiger partial charge in [-0.1, -0.05) is 46.7 Å². The van der Waals surface area contributed by atoms with Crippen LogP contribution in [0.5, 0.6) is 11.5 Å². The Bertz CT molecular complexity index is 1150. The molecule has 2 aromatic heterocycles. The molecule has 3 heterocycles. The zero-order valence-corrected chi connectivity index (χ0v) is 15.5. The van der Waals surface area contributed by atoms with Crippen LogP contribution < -0.4 is 10.1 Å². The molecule has 4 aromatic rings. The number of carbonyl (C=O) groups excluding carboxylic acids is 1. The first-order chi connectivity index (χ1) is 14.2. The van der Waals surface area contributed by atoms with Gasteiger partial charge in [0.15, 0.2) is 5.69 Å². The number of rotatable bonds is 4. The molecule has 1 aliphatic heterocycles. The molecule has 2 aromatic carbocycles. The smallest absolute Gasteiger partial charge is 0.246 e. The average Bonchev–Trinajstić information content (AvgIpc) is 3.39. The molecule has 0 bridgehead atoms. The molecule has 29 heavy (non-hydrogen) atoms. The molecule has 1 amide bonds. The Morgan fingerprint density at radius 1 is 1.00 bits per heavy atom. The third-order valence-electron chi connectivity index (χ3n) is 4.68. The van der Waals surface area contributed by atoms with E-state index in [1.54, 1.807) is 13.0 Å². The molecule has 1 N–H and O–H groups in total. The Kier molecular flexibility index (Phi) is 4.09. The lowest BCUT2D eigenvalue weighted by atomic mass is 9.87. The van der Waals surface area contributed by atoms with Crippen molar-refractivity contribution in [1.29, 1.82) is 0 Å². The highest BCUT2D eigenvalue weighted by Crippen LogP contribution is 2.43. The number of para-hydroxylation sites is 2. The summed E-state index contributed by atoms with van der Waals surface area (Å²) in [6.07, 6.45) is 0. The lowest BCUT2D eigenvalue weighted by molar-refractivity contribution is -0.122. The van der Waals surface area contributed by atoms with Gasteiger partial charge in [-0.15, -0.1) is 0 Å². The number of hydrogen-bond donors (Lipinski definition) is 1. The van der Waals surface area contributed by atoms with E-state index in [1.165, 1.54) is 0 Å². The summed E-state index contributed by atoms with van der Waals surface area (Å²) >= 11 is 0. The minimum atomic E-state index is -0.489. The van der Waals surface area contributed by atoms with Crippen molar-refractivity contribution in [2.45, 2.75) is 19.4 Å². The van der Waals surface area contributed by atoms with E-state index in [-0.39, 0.29) is 18.3 Å². The molecule has 0 aliphatic carbocycles. The van der Waals surface area contributed by atoms with E-state index in [9.17, 15) is 4.79 Å². The van der Waals surface area contributed by atoms with Gasteiger partial charge in [0.25, 0.3) is 0 Å². The van der Waals surface area contributed by atoms with E-state index < -0.39 is 5.92 Å². The molecule has 0 saturated heterocycles. The number of fused-ring (bicyclic) bond motifs is 2. The Labute approximate surface area is 165 Å². The molecule has 8 heteroatoms. The summed E-state index contributed by atoms with van der Waals surface area (Å²) in [6.45, 7) is 1.88. The van der Waals surface area contributed by atoms with E-state index in [0.29, 0.717) is 28.8 Å². The first-order valence-electron chi connectivity index (χ1n) is 9.09. The van der Waals surface area contributed by atoms with E-state index in [0.717, 1.165) is 11.1 Å². The van der Waals surface area contributed by atoms with Gasteiger partial charge in [-0.3, -0.25) is 4.79 Å².